The molecule has 0 unspecified atom stereocenters. The predicted octanol–water partition coefficient (Wildman–Crippen LogP) is 3.12. The highest BCUT2D eigenvalue weighted by molar-refractivity contribution is 5.98. The number of furan rings is 1. The van der Waals surface area contributed by atoms with Crippen molar-refractivity contribution in [1.82, 2.24) is 9.80 Å². The Morgan fingerprint density at radius 1 is 1.04 bits per heavy atom. The molecule has 2 heterocycles. The third kappa shape index (κ3) is 3.77. The first-order valence-corrected chi connectivity index (χ1v) is 9.46. The van der Waals surface area contributed by atoms with Crippen LogP contribution in [0.1, 0.15) is 5.56 Å². The number of β-amino-alcohol motifs (C(OH)–C–C–N with tert-alkyl or cyclic N) is 1. The number of aliphatic hydroxyl groups excluding tert-OH is 1. The van der Waals surface area contributed by atoms with Gasteiger partial charge in [0.25, 0.3) is 0 Å². The lowest BCUT2D eigenvalue weighted by molar-refractivity contribution is -0.400. The first kappa shape index (κ1) is 18.6. The van der Waals surface area contributed by atoms with Crippen molar-refractivity contribution in [2.75, 3.05) is 39.3 Å². The standard InChI is InChI=1S/C21H23N3O4/c25-13-12-22-8-10-23(11-9-22)15-16-6-7-19-18(14-16)20(21(28-19)24(26)27)17-4-2-1-3-5-17/h1-7,14,25H,8-13,15H2. The van der Waals surface area contributed by atoms with Gasteiger partial charge in [0.15, 0.2) is 0 Å². The Hall–Kier alpha value is -2.74. The van der Waals surface area contributed by atoms with Gasteiger partial charge in [-0.1, -0.05) is 36.4 Å². The maximum atomic E-state index is 11.5. The van der Waals surface area contributed by atoms with Gasteiger partial charge in [0.2, 0.25) is 0 Å². The summed E-state index contributed by atoms with van der Waals surface area (Å²) in [6.45, 7) is 5.46. The number of rotatable bonds is 6. The van der Waals surface area contributed by atoms with Crippen molar-refractivity contribution in [3.05, 3.63) is 64.2 Å². The van der Waals surface area contributed by atoms with Gasteiger partial charge in [-0.3, -0.25) is 19.9 Å². The van der Waals surface area contributed by atoms with Crippen LogP contribution < -0.4 is 0 Å². The normalized spacial score (nSPS) is 15.9. The van der Waals surface area contributed by atoms with E-state index in [1.807, 2.05) is 48.5 Å². The number of hydrogen-bond donors (Lipinski definition) is 1. The molecule has 1 N–H and O–H groups in total. The van der Waals surface area contributed by atoms with Crippen molar-refractivity contribution < 1.29 is 14.4 Å². The number of benzene rings is 2. The van der Waals surface area contributed by atoms with Crippen LogP contribution in [0.3, 0.4) is 0 Å². The summed E-state index contributed by atoms with van der Waals surface area (Å²) in [7, 11) is 0. The molecule has 0 spiro atoms. The quantitative estimate of drug-likeness (QED) is 0.522. The fraction of sp³-hybridized carbons (Fsp3) is 0.333. The van der Waals surface area contributed by atoms with Crippen LogP contribution in [0.15, 0.2) is 52.9 Å². The average Bonchev–Trinajstić information content (AvgIpc) is 3.09. The molecule has 0 bridgehead atoms. The number of aliphatic hydroxyl groups is 1. The molecule has 1 aliphatic rings. The van der Waals surface area contributed by atoms with E-state index in [1.54, 1.807) is 0 Å². The highest BCUT2D eigenvalue weighted by Crippen LogP contribution is 2.40. The second kappa shape index (κ2) is 8.10. The molecule has 1 aromatic heterocycles. The molecule has 4 rings (SSSR count). The van der Waals surface area contributed by atoms with Gasteiger partial charge in [0, 0.05) is 44.7 Å². The third-order valence-electron chi connectivity index (χ3n) is 5.25. The topological polar surface area (TPSA) is 83.0 Å². The predicted molar refractivity (Wildman–Crippen MR) is 107 cm³/mol. The Labute approximate surface area is 162 Å². The molecule has 0 atom stereocenters. The maximum Gasteiger partial charge on any atom is 0.442 e. The number of hydrogen-bond acceptors (Lipinski definition) is 6. The molecule has 28 heavy (non-hydrogen) atoms. The van der Waals surface area contributed by atoms with Crippen molar-refractivity contribution in [2.24, 2.45) is 0 Å². The molecule has 7 nitrogen and oxygen atoms in total. The molecule has 1 aliphatic heterocycles. The summed E-state index contributed by atoms with van der Waals surface area (Å²) in [5.41, 5.74) is 2.95. The smallest absolute Gasteiger partial charge is 0.400 e. The summed E-state index contributed by atoms with van der Waals surface area (Å²) >= 11 is 0. The average molecular weight is 381 g/mol. The Morgan fingerprint density at radius 3 is 2.43 bits per heavy atom. The minimum absolute atomic E-state index is 0.193. The molecule has 1 fully saturated rings. The van der Waals surface area contributed by atoms with Crippen molar-refractivity contribution in [3.8, 4) is 11.1 Å². The molecule has 3 aromatic rings. The van der Waals surface area contributed by atoms with E-state index in [1.165, 1.54) is 0 Å². The SMILES string of the molecule is O=[N+]([O-])c1oc2ccc(CN3CCN(CCO)CC3)cc2c1-c1ccccc1. The number of piperazine rings is 1. The van der Waals surface area contributed by atoms with E-state index in [2.05, 4.69) is 9.80 Å². The van der Waals surface area contributed by atoms with Gasteiger partial charge >= 0.3 is 5.88 Å². The zero-order valence-electron chi connectivity index (χ0n) is 15.6. The fourth-order valence-electron chi connectivity index (χ4n) is 3.81. The van der Waals surface area contributed by atoms with Crippen LogP contribution in [0, 0.1) is 10.1 Å². The Balaban J connectivity index is 1.63. The van der Waals surface area contributed by atoms with Gasteiger partial charge in [-0.15, -0.1) is 0 Å². The van der Waals surface area contributed by atoms with Crippen LogP contribution in [0.2, 0.25) is 0 Å². The number of nitrogens with zero attached hydrogens (tertiary/aromatic N) is 3. The lowest BCUT2D eigenvalue weighted by Gasteiger charge is -2.34. The zero-order valence-corrected chi connectivity index (χ0v) is 15.6. The largest absolute Gasteiger partial charge is 0.442 e. The number of fused-ring (bicyclic) bond motifs is 1. The maximum absolute atomic E-state index is 11.5. The molecule has 1 saturated heterocycles. The van der Waals surface area contributed by atoms with E-state index in [4.69, 9.17) is 9.52 Å². The Kier molecular flexibility index (Phi) is 5.38. The van der Waals surface area contributed by atoms with E-state index in [-0.39, 0.29) is 12.5 Å². The second-order valence-electron chi connectivity index (χ2n) is 7.08. The second-order valence-corrected chi connectivity index (χ2v) is 7.08. The fourth-order valence-corrected chi connectivity index (χ4v) is 3.81. The van der Waals surface area contributed by atoms with E-state index in [0.29, 0.717) is 11.1 Å². The lowest BCUT2D eigenvalue weighted by atomic mass is 10.0. The monoisotopic (exact) mass is 381 g/mol. The summed E-state index contributed by atoms with van der Waals surface area (Å²) in [4.78, 5) is 15.7. The first-order chi connectivity index (χ1) is 13.7. The van der Waals surface area contributed by atoms with Gasteiger partial charge in [0.05, 0.1) is 6.61 Å². The summed E-state index contributed by atoms with van der Waals surface area (Å²) < 4.78 is 5.56. The Morgan fingerprint density at radius 2 is 1.75 bits per heavy atom. The minimum Gasteiger partial charge on any atom is -0.400 e. The van der Waals surface area contributed by atoms with Crippen LogP contribution in [0.25, 0.3) is 22.1 Å². The molecule has 7 heteroatoms. The van der Waals surface area contributed by atoms with E-state index in [0.717, 1.165) is 55.8 Å². The molecule has 0 amide bonds. The van der Waals surface area contributed by atoms with E-state index in [9.17, 15) is 10.1 Å². The van der Waals surface area contributed by atoms with E-state index < -0.39 is 4.92 Å². The van der Waals surface area contributed by atoms with Crippen molar-refractivity contribution in [3.63, 3.8) is 0 Å². The van der Waals surface area contributed by atoms with Crippen molar-refractivity contribution in [2.45, 2.75) is 6.54 Å². The van der Waals surface area contributed by atoms with Crippen LogP contribution in [-0.4, -0.2) is 59.2 Å². The van der Waals surface area contributed by atoms with Gasteiger partial charge in [-0.2, -0.15) is 0 Å². The minimum atomic E-state index is -0.456. The lowest BCUT2D eigenvalue weighted by Crippen LogP contribution is -2.46. The molecule has 0 saturated carbocycles. The van der Waals surface area contributed by atoms with Gasteiger partial charge < -0.3 is 9.52 Å². The van der Waals surface area contributed by atoms with Crippen LogP contribution >= 0.6 is 0 Å². The third-order valence-corrected chi connectivity index (χ3v) is 5.25. The van der Waals surface area contributed by atoms with Crippen LogP contribution in [0.4, 0.5) is 5.88 Å². The first-order valence-electron chi connectivity index (χ1n) is 9.46. The molecular weight excluding hydrogens is 358 g/mol. The van der Waals surface area contributed by atoms with Crippen LogP contribution in [0.5, 0.6) is 0 Å². The molecule has 0 aliphatic carbocycles. The molecule has 146 valence electrons. The summed E-state index contributed by atoms with van der Waals surface area (Å²) in [6.07, 6.45) is 0. The van der Waals surface area contributed by atoms with Crippen LogP contribution in [-0.2, 0) is 6.54 Å². The Bertz CT molecular complexity index is 962. The summed E-state index contributed by atoms with van der Waals surface area (Å²) in [5.74, 6) is -0.212. The van der Waals surface area contributed by atoms with E-state index >= 15 is 0 Å². The summed E-state index contributed by atoms with van der Waals surface area (Å²) in [5, 5.41) is 21.4. The van der Waals surface area contributed by atoms with Gasteiger partial charge in [-0.05, 0) is 23.3 Å². The van der Waals surface area contributed by atoms with Gasteiger partial charge in [-0.25, -0.2) is 0 Å². The van der Waals surface area contributed by atoms with Crippen molar-refractivity contribution >= 4 is 16.9 Å². The van der Waals surface area contributed by atoms with Gasteiger partial charge in [0.1, 0.15) is 16.1 Å². The number of nitro groups is 1. The highest BCUT2D eigenvalue weighted by Gasteiger charge is 2.25. The molecule has 0 radical (unpaired) electrons. The van der Waals surface area contributed by atoms with Crippen molar-refractivity contribution in [1.29, 1.82) is 0 Å². The molecule has 2 aromatic carbocycles. The highest BCUT2D eigenvalue weighted by atomic mass is 16.6. The zero-order chi connectivity index (χ0) is 19.5. The molecular formula is C21H23N3O4. The summed E-state index contributed by atoms with van der Waals surface area (Å²) in [6, 6.07) is 15.2.